The zero-order valence-electron chi connectivity index (χ0n) is 9.74. The summed E-state index contributed by atoms with van der Waals surface area (Å²) in [6.07, 6.45) is 4.73. The molecule has 1 unspecified atom stereocenters. The molecule has 0 amide bonds. The fourth-order valence-electron chi connectivity index (χ4n) is 1.43. The number of hydrogen-bond acceptors (Lipinski definition) is 1. The lowest BCUT2D eigenvalue weighted by atomic mass is 10.1. The van der Waals surface area contributed by atoms with E-state index in [1.54, 1.807) is 9.13 Å². The van der Waals surface area contributed by atoms with E-state index >= 15 is 0 Å². The summed E-state index contributed by atoms with van der Waals surface area (Å²) in [6.45, 7) is 10.3. The van der Waals surface area contributed by atoms with Crippen LogP contribution in [-0.2, 0) is 5.54 Å². The van der Waals surface area contributed by atoms with E-state index in [0.29, 0.717) is 0 Å². The van der Waals surface area contributed by atoms with Gasteiger partial charge in [-0.2, -0.15) is 0 Å². The third kappa shape index (κ3) is 1.91. The topological polar surface area (TPSA) is 26.9 Å². The fourth-order valence-corrected chi connectivity index (χ4v) is 1.43. The van der Waals surface area contributed by atoms with Crippen LogP contribution in [0.15, 0.2) is 17.2 Å². The Kier molecular flexibility index (Phi) is 2.88. The third-order valence-electron chi connectivity index (χ3n) is 2.59. The average Bonchev–Trinajstić information content (AvgIpc) is 2.45. The van der Waals surface area contributed by atoms with Gasteiger partial charge in [0, 0.05) is 24.0 Å². The first-order valence-electron chi connectivity index (χ1n) is 5.18. The first kappa shape index (κ1) is 11.1. The van der Waals surface area contributed by atoms with Crippen molar-refractivity contribution in [2.24, 2.45) is 0 Å². The summed E-state index contributed by atoms with van der Waals surface area (Å²) in [7, 11) is 0. The van der Waals surface area contributed by atoms with Crippen molar-refractivity contribution < 1.29 is 0 Å². The summed E-state index contributed by atoms with van der Waals surface area (Å²) in [4.78, 5) is 11.9. The van der Waals surface area contributed by atoms with Gasteiger partial charge in [0.25, 0.3) is 0 Å². The predicted molar refractivity (Wildman–Crippen MR) is 58.7 cm³/mol. The zero-order valence-corrected chi connectivity index (χ0v) is 9.74. The van der Waals surface area contributed by atoms with Gasteiger partial charge in [0.15, 0.2) is 0 Å². The quantitative estimate of drug-likeness (QED) is 0.713. The fraction of sp³-hybridized carbons (Fsp3) is 0.727. The molecule has 0 N–H and O–H groups in total. The molecule has 0 fully saturated rings. The highest BCUT2D eigenvalue weighted by Gasteiger charge is 2.17. The highest BCUT2D eigenvalue weighted by atomic mass is 16.1. The second-order valence-corrected chi connectivity index (χ2v) is 4.79. The van der Waals surface area contributed by atoms with E-state index in [2.05, 4.69) is 13.8 Å². The highest BCUT2D eigenvalue weighted by molar-refractivity contribution is 4.89. The van der Waals surface area contributed by atoms with E-state index in [4.69, 9.17) is 0 Å². The minimum absolute atomic E-state index is 0.0897. The van der Waals surface area contributed by atoms with Crippen LogP contribution in [0.1, 0.15) is 47.1 Å². The van der Waals surface area contributed by atoms with Gasteiger partial charge in [0.1, 0.15) is 0 Å². The van der Waals surface area contributed by atoms with Gasteiger partial charge in [-0.05, 0) is 34.1 Å². The first-order valence-corrected chi connectivity index (χ1v) is 5.18. The van der Waals surface area contributed by atoms with Gasteiger partial charge in [-0.15, -0.1) is 0 Å². The lowest BCUT2D eigenvalue weighted by molar-refractivity contribution is 0.372. The van der Waals surface area contributed by atoms with Crippen LogP contribution >= 0.6 is 0 Å². The zero-order chi connectivity index (χ0) is 10.9. The van der Waals surface area contributed by atoms with Gasteiger partial charge in [-0.25, -0.2) is 4.79 Å². The normalized spacial score (nSPS) is 14.4. The van der Waals surface area contributed by atoms with Gasteiger partial charge < -0.3 is 0 Å². The van der Waals surface area contributed by atoms with Crippen molar-refractivity contribution in [1.82, 2.24) is 9.13 Å². The Labute approximate surface area is 85.4 Å². The van der Waals surface area contributed by atoms with E-state index < -0.39 is 0 Å². The van der Waals surface area contributed by atoms with Crippen LogP contribution in [0, 0.1) is 0 Å². The molecule has 80 valence electrons. The van der Waals surface area contributed by atoms with E-state index in [-0.39, 0.29) is 17.3 Å². The van der Waals surface area contributed by atoms with Crippen LogP contribution in [0.3, 0.4) is 0 Å². The van der Waals surface area contributed by atoms with Crippen molar-refractivity contribution in [1.29, 1.82) is 0 Å². The van der Waals surface area contributed by atoms with Crippen molar-refractivity contribution >= 4 is 0 Å². The van der Waals surface area contributed by atoms with Crippen LogP contribution in [0.4, 0.5) is 0 Å². The van der Waals surface area contributed by atoms with Crippen molar-refractivity contribution in [3.05, 3.63) is 22.9 Å². The van der Waals surface area contributed by atoms with E-state index in [9.17, 15) is 4.79 Å². The molecule has 0 radical (unpaired) electrons. The molecule has 1 rings (SSSR count). The molecule has 1 aromatic rings. The molecule has 0 aromatic carbocycles. The largest absolute Gasteiger partial charge is 0.328 e. The molecule has 14 heavy (non-hydrogen) atoms. The van der Waals surface area contributed by atoms with Gasteiger partial charge >= 0.3 is 5.69 Å². The van der Waals surface area contributed by atoms with E-state index in [1.165, 1.54) is 0 Å². The molecule has 0 aliphatic heterocycles. The number of rotatable bonds is 2. The van der Waals surface area contributed by atoms with Crippen LogP contribution < -0.4 is 5.69 Å². The lowest BCUT2D eigenvalue weighted by Gasteiger charge is -2.19. The maximum absolute atomic E-state index is 11.9. The molecule has 3 nitrogen and oxygen atoms in total. The minimum atomic E-state index is -0.129. The van der Waals surface area contributed by atoms with E-state index in [1.807, 2.05) is 33.2 Å². The molecule has 0 spiro atoms. The van der Waals surface area contributed by atoms with Gasteiger partial charge in [0.2, 0.25) is 0 Å². The number of aromatic nitrogens is 2. The molecule has 0 saturated carbocycles. The maximum Gasteiger partial charge on any atom is 0.328 e. The molecular formula is C11H20N2O. The second kappa shape index (κ2) is 3.64. The molecule has 0 bridgehead atoms. The Morgan fingerprint density at radius 3 is 2.29 bits per heavy atom. The van der Waals surface area contributed by atoms with Crippen molar-refractivity contribution in [3.8, 4) is 0 Å². The van der Waals surface area contributed by atoms with Crippen LogP contribution in [0.5, 0.6) is 0 Å². The Balaban J connectivity index is 3.16. The Morgan fingerprint density at radius 2 is 1.93 bits per heavy atom. The summed E-state index contributed by atoms with van der Waals surface area (Å²) >= 11 is 0. The van der Waals surface area contributed by atoms with Crippen molar-refractivity contribution in [3.63, 3.8) is 0 Å². The highest BCUT2D eigenvalue weighted by Crippen LogP contribution is 2.12. The molecule has 1 atom stereocenters. The first-order chi connectivity index (χ1) is 6.38. The number of hydrogen-bond donors (Lipinski definition) is 0. The van der Waals surface area contributed by atoms with Crippen LogP contribution in [0.25, 0.3) is 0 Å². The second-order valence-electron chi connectivity index (χ2n) is 4.79. The minimum Gasteiger partial charge on any atom is -0.296 e. The smallest absolute Gasteiger partial charge is 0.296 e. The van der Waals surface area contributed by atoms with Gasteiger partial charge in [0.05, 0.1) is 0 Å². The standard InChI is InChI=1S/C11H20N2O/c1-6-9(2)12-7-8-13(10(12)14)11(3,4)5/h7-9H,6H2,1-5H3. The summed E-state index contributed by atoms with van der Waals surface area (Å²) in [6, 6.07) is 0.283. The Morgan fingerprint density at radius 1 is 1.36 bits per heavy atom. The molecule has 1 aromatic heterocycles. The van der Waals surface area contributed by atoms with Gasteiger partial charge in [-0.1, -0.05) is 6.92 Å². The predicted octanol–water partition coefficient (Wildman–Crippen LogP) is 2.38. The average molecular weight is 196 g/mol. The monoisotopic (exact) mass is 196 g/mol. The molecule has 0 aliphatic carbocycles. The van der Waals surface area contributed by atoms with Gasteiger partial charge in [-0.3, -0.25) is 9.13 Å². The Bertz CT molecular complexity index is 354. The summed E-state index contributed by atoms with van der Waals surface area (Å²) in [5, 5.41) is 0. The summed E-state index contributed by atoms with van der Waals surface area (Å²) < 4.78 is 3.57. The Hall–Kier alpha value is -0.990. The summed E-state index contributed by atoms with van der Waals surface area (Å²) in [5.74, 6) is 0. The van der Waals surface area contributed by atoms with Crippen LogP contribution in [-0.4, -0.2) is 9.13 Å². The number of imidazole rings is 1. The molecule has 1 heterocycles. The molecular weight excluding hydrogens is 176 g/mol. The maximum atomic E-state index is 11.9. The lowest BCUT2D eigenvalue weighted by Crippen LogP contribution is -2.35. The molecule has 0 aliphatic rings. The number of nitrogens with zero attached hydrogens (tertiary/aromatic N) is 2. The van der Waals surface area contributed by atoms with Crippen LogP contribution in [0.2, 0.25) is 0 Å². The third-order valence-corrected chi connectivity index (χ3v) is 2.59. The molecule has 0 saturated heterocycles. The van der Waals surface area contributed by atoms with Crippen molar-refractivity contribution in [2.45, 2.75) is 52.6 Å². The van der Waals surface area contributed by atoms with E-state index in [0.717, 1.165) is 6.42 Å². The van der Waals surface area contributed by atoms with Crippen molar-refractivity contribution in [2.75, 3.05) is 0 Å². The SMILES string of the molecule is CCC(C)n1ccn(C(C)(C)C)c1=O. The summed E-state index contributed by atoms with van der Waals surface area (Å²) in [5.41, 5.74) is -0.0395. The molecule has 3 heteroatoms.